The van der Waals surface area contributed by atoms with Gasteiger partial charge in [-0.05, 0) is 42.0 Å². The Labute approximate surface area is 276 Å². The average molecular weight is 687 g/mol. The van der Waals surface area contributed by atoms with Gasteiger partial charge < -0.3 is 74.4 Å². The molecule has 0 spiro atoms. The van der Waals surface area contributed by atoms with Gasteiger partial charge in [-0.3, -0.25) is 4.79 Å². The summed E-state index contributed by atoms with van der Waals surface area (Å²) in [7, 11) is 0. The van der Waals surface area contributed by atoms with E-state index in [9.17, 15) is 55.9 Å². The highest BCUT2D eigenvalue weighted by molar-refractivity contribution is 5.91. The highest BCUT2D eigenvalue weighted by Crippen LogP contribution is 2.41. The molecule has 6 rings (SSSR count). The van der Waals surface area contributed by atoms with Crippen molar-refractivity contribution in [1.29, 1.82) is 0 Å². The molecule has 9 atom stereocenters. The number of aliphatic hydroxyl groups is 6. The second kappa shape index (κ2) is 13.8. The first-order valence-electron chi connectivity index (χ1n) is 15.1. The molecule has 2 aliphatic heterocycles. The van der Waals surface area contributed by atoms with E-state index < -0.39 is 96.6 Å². The van der Waals surface area contributed by atoms with E-state index in [1.54, 1.807) is 12.1 Å². The van der Waals surface area contributed by atoms with Gasteiger partial charge >= 0.3 is 0 Å². The van der Waals surface area contributed by atoms with E-state index in [-0.39, 0.29) is 40.4 Å². The molecule has 3 heterocycles. The molecule has 0 aliphatic carbocycles. The van der Waals surface area contributed by atoms with Gasteiger partial charge in [-0.25, -0.2) is 0 Å². The molecular weight excluding hydrogens is 652 g/mol. The van der Waals surface area contributed by atoms with Crippen molar-refractivity contribution in [2.45, 2.75) is 61.7 Å². The molecule has 1 aromatic heterocycles. The quantitative estimate of drug-likeness (QED) is 0.112. The number of aliphatic hydroxyl groups excluding tert-OH is 6. The first kappa shape index (κ1) is 34.4. The fourth-order valence-electron chi connectivity index (χ4n) is 5.73. The summed E-state index contributed by atoms with van der Waals surface area (Å²) in [6.45, 7) is -1.30. The molecule has 2 fully saturated rings. The summed E-state index contributed by atoms with van der Waals surface area (Å²) < 4.78 is 28.9. The molecule has 16 heteroatoms. The summed E-state index contributed by atoms with van der Waals surface area (Å²) >= 11 is 0. The summed E-state index contributed by atoms with van der Waals surface area (Å²) in [4.78, 5) is 14.3. The Kier molecular flexibility index (Phi) is 9.67. The molecule has 2 aliphatic rings. The summed E-state index contributed by atoms with van der Waals surface area (Å²) in [6.07, 6.45) is -15.5. The zero-order chi connectivity index (χ0) is 35.1. The average Bonchev–Trinajstić information content (AvgIpc) is 3.08. The van der Waals surface area contributed by atoms with Gasteiger partial charge in [-0.15, -0.1) is 0 Å². The zero-order valence-corrected chi connectivity index (χ0v) is 25.4. The third kappa shape index (κ3) is 6.61. The van der Waals surface area contributed by atoms with Gasteiger partial charge in [-0.1, -0.05) is 12.1 Å². The number of benzene rings is 3. The van der Waals surface area contributed by atoms with Gasteiger partial charge in [-0.2, -0.15) is 0 Å². The number of ether oxygens (including phenoxy) is 4. The normalized spacial score (nSPS) is 28.8. The maximum atomic E-state index is 14.3. The van der Waals surface area contributed by atoms with Crippen molar-refractivity contribution in [3.8, 4) is 40.1 Å². The van der Waals surface area contributed by atoms with Crippen LogP contribution in [0, 0.1) is 0 Å². The number of fused-ring (bicyclic) bond motifs is 1. The first-order chi connectivity index (χ1) is 23.4. The summed E-state index contributed by atoms with van der Waals surface area (Å²) in [6, 6.07) is 12.3. The molecule has 4 aromatic rings. The molecule has 0 bridgehead atoms. The Balaban J connectivity index is 1.49. The van der Waals surface area contributed by atoms with Gasteiger partial charge in [0.1, 0.15) is 70.6 Å². The van der Waals surface area contributed by atoms with Crippen LogP contribution in [-0.4, -0.2) is 120 Å². The van der Waals surface area contributed by atoms with E-state index in [0.717, 1.165) is 6.07 Å². The standard InChI is InChI=1S/C33H34O16/c34-11-21-24(41)26(43)31(49-32-27(44)23(40)20(39)12-45-32)33(46-21)48-30-25(42)22-19(38)10-18(37)17(9-13-1-5-15(35)6-2-13)29(22)47-28(30)14-3-7-16(36)8-4-14/h1-8,10,20-21,23-24,26-27,31-41,43-44H,9,11-12H2. The molecule has 0 radical (unpaired) electrons. The highest BCUT2D eigenvalue weighted by atomic mass is 16.8. The number of phenols is 4. The van der Waals surface area contributed by atoms with Gasteiger partial charge in [0.2, 0.25) is 17.5 Å². The lowest BCUT2D eigenvalue weighted by molar-refractivity contribution is -0.345. The van der Waals surface area contributed by atoms with Gasteiger partial charge in [0, 0.05) is 23.6 Å². The Morgan fingerprint density at radius 3 is 2.08 bits per heavy atom. The smallest absolute Gasteiger partial charge is 0.239 e. The lowest BCUT2D eigenvalue weighted by atomic mass is 9.98. The van der Waals surface area contributed by atoms with E-state index in [0.29, 0.717) is 5.56 Å². The molecule has 16 nitrogen and oxygen atoms in total. The Bertz CT molecular complexity index is 1840. The fraction of sp³-hybridized carbons (Fsp3) is 0.364. The largest absolute Gasteiger partial charge is 0.508 e. The fourth-order valence-corrected chi connectivity index (χ4v) is 5.73. The number of hydrogen-bond donors (Lipinski definition) is 10. The molecule has 10 N–H and O–H groups in total. The van der Waals surface area contributed by atoms with Crippen LogP contribution in [0.5, 0.6) is 28.7 Å². The number of phenolic OH excluding ortho intramolecular Hbond substituents is 4. The van der Waals surface area contributed by atoms with Crippen molar-refractivity contribution < 1.29 is 74.4 Å². The van der Waals surface area contributed by atoms with Gasteiger partial charge in [0.25, 0.3) is 0 Å². The summed E-state index contributed by atoms with van der Waals surface area (Å²) in [5, 5.41) is 103. The van der Waals surface area contributed by atoms with E-state index in [1.807, 2.05) is 0 Å². The predicted molar refractivity (Wildman–Crippen MR) is 165 cm³/mol. The van der Waals surface area contributed by atoms with Crippen LogP contribution in [0.15, 0.2) is 63.8 Å². The summed E-state index contributed by atoms with van der Waals surface area (Å²) in [5.41, 5.74) is -0.401. The van der Waals surface area contributed by atoms with Gasteiger partial charge in [0.05, 0.1) is 13.2 Å². The van der Waals surface area contributed by atoms with Crippen molar-refractivity contribution in [3.05, 3.63) is 75.9 Å². The SMILES string of the molecule is O=c1c(OC2OC(CO)C(O)C(O)C2OC2OCC(O)C(O)C2O)c(-c2ccc(O)cc2)oc2c(Cc3ccc(O)cc3)c(O)cc(O)c12. The minimum Gasteiger partial charge on any atom is -0.508 e. The highest BCUT2D eigenvalue weighted by Gasteiger charge is 2.50. The molecule has 3 aromatic carbocycles. The minimum atomic E-state index is -1.90. The number of hydrogen-bond acceptors (Lipinski definition) is 16. The van der Waals surface area contributed by atoms with Crippen molar-refractivity contribution in [2.24, 2.45) is 0 Å². The monoisotopic (exact) mass is 686 g/mol. The second-order valence-corrected chi connectivity index (χ2v) is 11.8. The maximum Gasteiger partial charge on any atom is 0.239 e. The van der Waals surface area contributed by atoms with E-state index in [4.69, 9.17) is 23.4 Å². The molecular formula is C33H34O16. The van der Waals surface area contributed by atoms with Crippen LogP contribution in [0.25, 0.3) is 22.3 Å². The molecule has 2 saturated heterocycles. The lowest BCUT2D eigenvalue weighted by Crippen LogP contribution is -2.64. The van der Waals surface area contributed by atoms with Crippen molar-refractivity contribution in [3.63, 3.8) is 0 Å². The van der Waals surface area contributed by atoms with E-state index >= 15 is 0 Å². The summed E-state index contributed by atoms with van der Waals surface area (Å²) in [5.74, 6) is -2.18. The third-order valence-electron chi connectivity index (χ3n) is 8.43. The second-order valence-electron chi connectivity index (χ2n) is 11.8. The zero-order valence-electron chi connectivity index (χ0n) is 25.4. The van der Waals surface area contributed by atoms with Crippen LogP contribution in [0.1, 0.15) is 11.1 Å². The number of rotatable bonds is 8. The molecule has 9 unspecified atom stereocenters. The van der Waals surface area contributed by atoms with Gasteiger partial charge in [0.15, 0.2) is 18.2 Å². The van der Waals surface area contributed by atoms with E-state index in [1.165, 1.54) is 36.4 Å². The van der Waals surface area contributed by atoms with Crippen LogP contribution in [-0.2, 0) is 20.6 Å². The third-order valence-corrected chi connectivity index (χ3v) is 8.43. The lowest BCUT2D eigenvalue weighted by Gasteiger charge is -2.44. The van der Waals surface area contributed by atoms with E-state index in [2.05, 4.69) is 0 Å². The first-order valence-corrected chi connectivity index (χ1v) is 15.1. The topological polar surface area (TPSA) is 269 Å². The maximum absolute atomic E-state index is 14.3. The number of aromatic hydroxyl groups is 4. The van der Waals surface area contributed by atoms with Crippen LogP contribution < -0.4 is 10.2 Å². The minimum absolute atomic E-state index is 0.00177. The van der Waals surface area contributed by atoms with Crippen LogP contribution in [0.3, 0.4) is 0 Å². The van der Waals surface area contributed by atoms with Crippen molar-refractivity contribution in [1.82, 2.24) is 0 Å². The predicted octanol–water partition coefficient (Wildman–Crippen LogP) is -0.485. The molecule has 0 saturated carbocycles. The Hall–Kier alpha value is -4.49. The van der Waals surface area contributed by atoms with Crippen LogP contribution in [0.4, 0.5) is 0 Å². The molecule has 0 amide bonds. The molecule has 262 valence electrons. The van der Waals surface area contributed by atoms with Crippen molar-refractivity contribution in [2.75, 3.05) is 13.2 Å². The van der Waals surface area contributed by atoms with Crippen molar-refractivity contribution >= 4 is 11.0 Å². The van der Waals surface area contributed by atoms with Crippen LogP contribution >= 0.6 is 0 Å². The van der Waals surface area contributed by atoms with Crippen LogP contribution in [0.2, 0.25) is 0 Å². The molecule has 49 heavy (non-hydrogen) atoms. The Morgan fingerprint density at radius 1 is 0.776 bits per heavy atom. The Morgan fingerprint density at radius 2 is 1.43 bits per heavy atom.